The van der Waals surface area contributed by atoms with Gasteiger partial charge in [0.05, 0.1) is 19.2 Å². The maximum atomic E-state index is 10.7. The molecule has 4 nitrogen and oxygen atoms in total. The van der Waals surface area contributed by atoms with E-state index >= 15 is 0 Å². The lowest BCUT2D eigenvalue weighted by Gasteiger charge is -2.09. The molecule has 0 aliphatic carbocycles. The van der Waals surface area contributed by atoms with Crippen LogP contribution in [-0.4, -0.2) is 4.92 Å². The maximum absolute atomic E-state index is 10.7. The number of nitro benzene ring substituents is 1. The average molecular weight is 409 g/mol. The van der Waals surface area contributed by atoms with Crippen molar-refractivity contribution in [3.8, 4) is 0 Å². The molecule has 0 unspecified atom stereocenters. The Balaban J connectivity index is 2.31. The van der Waals surface area contributed by atoms with Crippen LogP contribution in [0.1, 0.15) is 0 Å². The summed E-state index contributed by atoms with van der Waals surface area (Å²) in [6.45, 7) is 0. The van der Waals surface area contributed by atoms with Crippen molar-refractivity contribution in [2.45, 2.75) is 0 Å². The molecule has 0 atom stereocenters. The summed E-state index contributed by atoms with van der Waals surface area (Å²) in [6.07, 6.45) is 0. The first kappa shape index (κ1) is 14.4. The Morgan fingerprint density at radius 2 is 1.89 bits per heavy atom. The zero-order chi connectivity index (χ0) is 14.0. The highest BCUT2D eigenvalue weighted by molar-refractivity contribution is 14.1. The molecule has 0 bridgehead atoms. The number of rotatable bonds is 3. The highest BCUT2D eigenvalue weighted by Gasteiger charge is 2.12. The highest BCUT2D eigenvalue weighted by atomic mass is 127. The molecule has 0 fully saturated rings. The van der Waals surface area contributed by atoms with Crippen LogP contribution in [0, 0.1) is 13.7 Å². The lowest BCUT2D eigenvalue weighted by Crippen LogP contribution is -1.95. The molecule has 0 heterocycles. The minimum Gasteiger partial charge on any atom is -0.354 e. The molecule has 0 aliphatic heterocycles. The van der Waals surface area contributed by atoms with Crippen LogP contribution >= 0.6 is 45.8 Å². The lowest BCUT2D eigenvalue weighted by atomic mass is 10.2. The predicted octanol–water partition coefficient (Wildman–Crippen LogP) is 5.25. The van der Waals surface area contributed by atoms with Gasteiger partial charge in [-0.3, -0.25) is 10.1 Å². The van der Waals surface area contributed by atoms with Gasteiger partial charge in [-0.15, -0.1) is 0 Å². The molecule has 98 valence electrons. The Hall–Kier alpha value is -1.05. The van der Waals surface area contributed by atoms with Crippen molar-refractivity contribution in [1.29, 1.82) is 0 Å². The van der Waals surface area contributed by atoms with Crippen molar-refractivity contribution in [3.05, 3.63) is 60.1 Å². The van der Waals surface area contributed by atoms with E-state index in [0.29, 0.717) is 25.0 Å². The van der Waals surface area contributed by atoms with Gasteiger partial charge in [-0.1, -0.05) is 23.2 Å². The molecule has 0 radical (unpaired) electrons. The van der Waals surface area contributed by atoms with Gasteiger partial charge in [-0.25, -0.2) is 0 Å². The summed E-state index contributed by atoms with van der Waals surface area (Å²) < 4.78 is 0.547. The molecule has 19 heavy (non-hydrogen) atoms. The molecule has 2 rings (SSSR count). The van der Waals surface area contributed by atoms with Gasteiger partial charge in [-0.2, -0.15) is 0 Å². The van der Waals surface area contributed by atoms with Crippen LogP contribution in [0.5, 0.6) is 0 Å². The van der Waals surface area contributed by atoms with Crippen molar-refractivity contribution >= 4 is 62.9 Å². The molecule has 0 amide bonds. The molecule has 2 aromatic carbocycles. The van der Waals surface area contributed by atoms with E-state index in [1.807, 2.05) is 22.6 Å². The van der Waals surface area contributed by atoms with Crippen molar-refractivity contribution in [2.75, 3.05) is 5.32 Å². The normalized spacial score (nSPS) is 10.3. The molecule has 0 aromatic heterocycles. The Kier molecular flexibility index (Phi) is 4.49. The smallest absolute Gasteiger partial charge is 0.282 e. The number of anilines is 2. The van der Waals surface area contributed by atoms with Crippen molar-refractivity contribution in [1.82, 2.24) is 0 Å². The fraction of sp³-hybridized carbons (Fsp3) is 0. The first-order valence-electron chi connectivity index (χ1n) is 5.13. The fourth-order valence-corrected chi connectivity index (χ4v) is 2.53. The standard InChI is InChI=1S/C12H7Cl2IN2O2/c13-7-1-3-9(14)11(5-7)16-8-2-4-12(17(18)19)10(15)6-8/h1-6,16H. The first-order valence-corrected chi connectivity index (χ1v) is 6.97. The Labute approximate surface area is 133 Å². The van der Waals surface area contributed by atoms with Crippen LogP contribution in [0.2, 0.25) is 10.0 Å². The number of nitrogens with zero attached hydrogens (tertiary/aromatic N) is 1. The number of halogens is 3. The van der Waals surface area contributed by atoms with Crippen molar-refractivity contribution in [2.24, 2.45) is 0 Å². The lowest BCUT2D eigenvalue weighted by molar-refractivity contribution is -0.385. The number of hydrogen-bond acceptors (Lipinski definition) is 3. The zero-order valence-corrected chi connectivity index (χ0v) is 13.0. The van der Waals surface area contributed by atoms with Crippen molar-refractivity contribution in [3.63, 3.8) is 0 Å². The van der Waals surface area contributed by atoms with Gasteiger partial charge in [0.2, 0.25) is 0 Å². The summed E-state index contributed by atoms with van der Waals surface area (Å²) in [5.41, 5.74) is 1.43. The third kappa shape index (κ3) is 3.49. The molecule has 0 aliphatic rings. The van der Waals surface area contributed by atoms with Gasteiger partial charge < -0.3 is 5.32 Å². The Morgan fingerprint density at radius 3 is 2.53 bits per heavy atom. The number of benzene rings is 2. The fourth-order valence-electron chi connectivity index (χ4n) is 1.48. The summed E-state index contributed by atoms with van der Waals surface area (Å²) >= 11 is 13.8. The van der Waals surface area contributed by atoms with Crippen LogP contribution in [-0.2, 0) is 0 Å². The van der Waals surface area contributed by atoms with E-state index in [1.165, 1.54) is 6.07 Å². The van der Waals surface area contributed by atoms with E-state index in [-0.39, 0.29) is 5.69 Å². The molecular formula is C12H7Cl2IN2O2. The Morgan fingerprint density at radius 1 is 1.16 bits per heavy atom. The quantitative estimate of drug-likeness (QED) is 0.428. The molecule has 0 spiro atoms. The van der Waals surface area contributed by atoms with Gasteiger partial charge in [0.15, 0.2) is 0 Å². The second kappa shape index (κ2) is 5.94. The van der Waals surface area contributed by atoms with Gasteiger partial charge in [0.1, 0.15) is 0 Å². The minimum atomic E-state index is -0.419. The maximum Gasteiger partial charge on any atom is 0.282 e. The Bertz CT molecular complexity index is 650. The third-order valence-electron chi connectivity index (χ3n) is 2.35. The summed E-state index contributed by atoms with van der Waals surface area (Å²) in [5, 5.41) is 14.9. The van der Waals surface area contributed by atoms with Gasteiger partial charge >= 0.3 is 0 Å². The van der Waals surface area contributed by atoms with E-state index in [0.717, 1.165) is 0 Å². The van der Waals surface area contributed by atoms with Gasteiger partial charge in [0.25, 0.3) is 5.69 Å². The van der Waals surface area contributed by atoms with E-state index in [2.05, 4.69) is 5.32 Å². The second-order valence-corrected chi connectivity index (χ2v) is 5.68. The summed E-state index contributed by atoms with van der Waals surface area (Å²) in [4.78, 5) is 10.3. The van der Waals surface area contributed by atoms with E-state index in [1.54, 1.807) is 30.3 Å². The molecular weight excluding hydrogens is 402 g/mol. The number of hydrogen-bond donors (Lipinski definition) is 1. The molecule has 1 N–H and O–H groups in total. The SMILES string of the molecule is O=[N+]([O-])c1ccc(Nc2cc(Cl)ccc2Cl)cc1I. The van der Waals surface area contributed by atoms with E-state index in [4.69, 9.17) is 23.2 Å². The summed E-state index contributed by atoms with van der Waals surface area (Å²) in [5.74, 6) is 0. The third-order valence-corrected chi connectivity index (χ3v) is 3.78. The molecule has 7 heteroatoms. The predicted molar refractivity (Wildman–Crippen MR) is 85.6 cm³/mol. The summed E-state index contributed by atoms with van der Waals surface area (Å²) in [7, 11) is 0. The first-order chi connectivity index (χ1) is 8.97. The van der Waals surface area contributed by atoms with Crippen LogP contribution in [0.3, 0.4) is 0 Å². The van der Waals surface area contributed by atoms with Crippen LogP contribution in [0.4, 0.5) is 17.1 Å². The second-order valence-electron chi connectivity index (χ2n) is 3.67. The molecule has 0 saturated carbocycles. The number of nitro groups is 1. The van der Waals surface area contributed by atoms with E-state index < -0.39 is 4.92 Å². The average Bonchev–Trinajstić information content (AvgIpc) is 2.33. The summed E-state index contributed by atoms with van der Waals surface area (Å²) in [6, 6.07) is 9.81. The minimum absolute atomic E-state index is 0.0725. The van der Waals surface area contributed by atoms with Crippen LogP contribution < -0.4 is 5.32 Å². The molecule has 2 aromatic rings. The van der Waals surface area contributed by atoms with E-state index in [9.17, 15) is 10.1 Å². The van der Waals surface area contributed by atoms with Crippen LogP contribution in [0.25, 0.3) is 0 Å². The highest BCUT2D eigenvalue weighted by Crippen LogP contribution is 2.30. The van der Waals surface area contributed by atoms with Crippen LogP contribution in [0.15, 0.2) is 36.4 Å². The number of nitrogens with one attached hydrogen (secondary N) is 1. The zero-order valence-electron chi connectivity index (χ0n) is 9.36. The van der Waals surface area contributed by atoms with Gasteiger partial charge in [-0.05, 0) is 52.9 Å². The van der Waals surface area contributed by atoms with Crippen molar-refractivity contribution < 1.29 is 4.92 Å². The molecule has 0 saturated heterocycles. The largest absolute Gasteiger partial charge is 0.354 e. The monoisotopic (exact) mass is 408 g/mol. The van der Waals surface area contributed by atoms with Gasteiger partial charge in [0, 0.05) is 16.8 Å². The topological polar surface area (TPSA) is 55.2 Å².